The van der Waals surface area contributed by atoms with Crippen molar-refractivity contribution in [2.45, 2.75) is 26.4 Å². The zero-order chi connectivity index (χ0) is 17.1. The second kappa shape index (κ2) is 7.08. The largest absolute Gasteiger partial charge is 0.493 e. The lowest BCUT2D eigenvalue weighted by Gasteiger charge is -2.19. The van der Waals surface area contributed by atoms with Crippen LogP contribution < -0.4 is 9.47 Å². The number of halogens is 1. The number of amides is 1. The molecule has 0 radical (unpaired) electrons. The Labute approximate surface area is 139 Å². The maximum Gasteiger partial charge on any atom is 0.308 e. The van der Waals surface area contributed by atoms with E-state index in [4.69, 9.17) is 26.2 Å². The zero-order valence-electron chi connectivity index (χ0n) is 13.3. The molecule has 0 bridgehead atoms. The van der Waals surface area contributed by atoms with Gasteiger partial charge in [-0.15, -0.1) is 0 Å². The molecule has 126 valence electrons. The monoisotopic (exact) mass is 341 g/mol. The number of carboxylic acid groups (broad SMARTS) is 1. The maximum atomic E-state index is 12.5. The number of carbonyl (C=O) groups excluding carboxylic acids is 1. The smallest absolute Gasteiger partial charge is 0.308 e. The highest BCUT2D eigenvalue weighted by Gasteiger charge is 2.32. The molecule has 2 rings (SSSR count). The third-order valence-electron chi connectivity index (χ3n) is 3.65. The van der Waals surface area contributed by atoms with Crippen LogP contribution in [-0.2, 0) is 4.79 Å². The lowest BCUT2D eigenvalue weighted by Crippen LogP contribution is -2.30. The van der Waals surface area contributed by atoms with Crippen LogP contribution in [0.3, 0.4) is 0 Å². The van der Waals surface area contributed by atoms with E-state index < -0.39 is 11.9 Å². The van der Waals surface area contributed by atoms with E-state index in [0.29, 0.717) is 30.0 Å². The first kappa shape index (κ1) is 17.4. The standard InChI is InChI=1S/C16H20ClNO5/c1-9(2)23-14-12(17)6-11(7-13(14)22-3)15(19)18-5-4-10(8-18)16(20)21/h6-7,9-10H,4-5,8H2,1-3H3,(H,20,21)/t10-/m1/s1. The Morgan fingerprint density at radius 2 is 2.09 bits per heavy atom. The molecule has 1 amide bonds. The molecular weight excluding hydrogens is 322 g/mol. The third-order valence-corrected chi connectivity index (χ3v) is 3.94. The summed E-state index contributed by atoms with van der Waals surface area (Å²) in [6, 6.07) is 3.10. The number of hydrogen-bond acceptors (Lipinski definition) is 4. The lowest BCUT2D eigenvalue weighted by molar-refractivity contribution is -0.141. The van der Waals surface area contributed by atoms with Crippen molar-refractivity contribution in [3.8, 4) is 11.5 Å². The van der Waals surface area contributed by atoms with Gasteiger partial charge in [-0.3, -0.25) is 9.59 Å². The molecule has 0 saturated carbocycles. The highest BCUT2D eigenvalue weighted by atomic mass is 35.5. The Morgan fingerprint density at radius 3 is 2.61 bits per heavy atom. The molecule has 1 atom stereocenters. The van der Waals surface area contributed by atoms with Gasteiger partial charge in [0.1, 0.15) is 0 Å². The van der Waals surface area contributed by atoms with E-state index in [1.807, 2.05) is 13.8 Å². The molecule has 1 saturated heterocycles. The van der Waals surface area contributed by atoms with Crippen LogP contribution in [0.4, 0.5) is 0 Å². The van der Waals surface area contributed by atoms with Gasteiger partial charge >= 0.3 is 5.97 Å². The van der Waals surface area contributed by atoms with Gasteiger partial charge in [0.05, 0.1) is 24.2 Å². The maximum absolute atomic E-state index is 12.5. The number of ether oxygens (including phenoxy) is 2. The van der Waals surface area contributed by atoms with Crippen molar-refractivity contribution in [1.82, 2.24) is 4.90 Å². The van der Waals surface area contributed by atoms with E-state index in [9.17, 15) is 9.59 Å². The molecule has 0 aromatic heterocycles. The third kappa shape index (κ3) is 3.88. The Kier molecular flexibility index (Phi) is 5.36. The predicted octanol–water partition coefficient (Wildman–Crippen LogP) is 2.68. The molecule has 1 aromatic rings. The summed E-state index contributed by atoms with van der Waals surface area (Å²) in [5.41, 5.74) is 0.356. The summed E-state index contributed by atoms with van der Waals surface area (Å²) in [6.07, 6.45) is 0.373. The van der Waals surface area contributed by atoms with E-state index in [0.717, 1.165) is 0 Å². The Hall–Kier alpha value is -1.95. The summed E-state index contributed by atoms with van der Waals surface area (Å²) in [4.78, 5) is 25.1. The lowest BCUT2D eigenvalue weighted by atomic mass is 10.1. The molecule has 23 heavy (non-hydrogen) atoms. The van der Waals surface area contributed by atoms with Crippen LogP contribution in [0.1, 0.15) is 30.6 Å². The van der Waals surface area contributed by atoms with Crippen LogP contribution in [0.5, 0.6) is 11.5 Å². The molecule has 0 unspecified atom stereocenters. The first-order chi connectivity index (χ1) is 10.8. The molecule has 1 aliphatic rings. The van der Waals surface area contributed by atoms with Crippen molar-refractivity contribution in [2.75, 3.05) is 20.2 Å². The van der Waals surface area contributed by atoms with E-state index in [1.54, 1.807) is 6.07 Å². The molecule has 0 spiro atoms. The van der Waals surface area contributed by atoms with Crippen LogP contribution in [0.25, 0.3) is 0 Å². The summed E-state index contributed by atoms with van der Waals surface area (Å²) >= 11 is 6.22. The summed E-state index contributed by atoms with van der Waals surface area (Å²) < 4.78 is 10.9. The van der Waals surface area contributed by atoms with Gasteiger partial charge < -0.3 is 19.5 Å². The van der Waals surface area contributed by atoms with E-state index in [-0.39, 0.29) is 23.6 Å². The average Bonchev–Trinajstić information content (AvgIpc) is 2.98. The van der Waals surface area contributed by atoms with Gasteiger partial charge in [-0.05, 0) is 32.4 Å². The number of carboxylic acids is 1. The molecular formula is C16H20ClNO5. The molecule has 1 aromatic carbocycles. The molecule has 1 fully saturated rings. The number of aliphatic carboxylic acids is 1. The van der Waals surface area contributed by atoms with Gasteiger partial charge in [-0.25, -0.2) is 0 Å². The molecule has 1 aliphatic heterocycles. The number of rotatable bonds is 5. The summed E-state index contributed by atoms with van der Waals surface area (Å²) in [5.74, 6) is -0.879. The summed E-state index contributed by atoms with van der Waals surface area (Å²) in [5, 5.41) is 9.32. The number of hydrogen-bond donors (Lipinski definition) is 1. The number of methoxy groups -OCH3 is 1. The first-order valence-electron chi connectivity index (χ1n) is 7.39. The molecule has 1 N–H and O–H groups in total. The fraction of sp³-hybridized carbons (Fsp3) is 0.500. The van der Waals surface area contributed by atoms with E-state index in [1.165, 1.54) is 18.1 Å². The number of benzene rings is 1. The van der Waals surface area contributed by atoms with Gasteiger partial charge in [-0.1, -0.05) is 11.6 Å². The second-order valence-corrected chi connectivity index (χ2v) is 6.14. The van der Waals surface area contributed by atoms with Crippen molar-refractivity contribution >= 4 is 23.5 Å². The Morgan fingerprint density at radius 1 is 1.39 bits per heavy atom. The highest BCUT2D eigenvalue weighted by Crippen LogP contribution is 2.37. The van der Waals surface area contributed by atoms with Crippen LogP contribution in [-0.4, -0.2) is 48.2 Å². The minimum absolute atomic E-state index is 0.0853. The van der Waals surface area contributed by atoms with Gasteiger partial charge in [0, 0.05) is 18.7 Å². The van der Waals surface area contributed by atoms with Crippen LogP contribution in [0.2, 0.25) is 5.02 Å². The predicted molar refractivity (Wildman–Crippen MR) is 85.4 cm³/mol. The van der Waals surface area contributed by atoms with Gasteiger partial charge in [0.15, 0.2) is 11.5 Å². The van der Waals surface area contributed by atoms with Gasteiger partial charge in [0.2, 0.25) is 0 Å². The summed E-state index contributed by atoms with van der Waals surface area (Å²) in [6.45, 7) is 4.36. The second-order valence-electron chi connectivity index (χ2n) is 5.73. The van der Waals surface area contributed by atoms with E-state index >= 15 is 0 Å². The van der Waals surface area contributed by atoms with Crippen molar-refractivity contribution in [3.63, 3.8) is 0 Å². The molecule has 6 nitrogen and oxygen atoms in total. The molecule has 1 heterocycles. The SMILES string of the molecule is COc1cc(C(=O)N2CC[C@@H](C(=O)O)C2)cc(Cl)c1OC(C)C. The number of likely N-dealkylation sites (tertiary alicyclic amines) is 1. The van der Waals surface area contributed by atoms with E-state index in [2.05, 4.69) is 0 Å². The van der Waals surface area contributed by atoms with Crippen molar-refractivity contribution < 1.29 is 24.2 Å². The summed E-state index contributed by atoms with van der Waals surface area (Å²) in [7, 11) is 1.48. The zero-order valence-corrected chi connectivity index (χ0v) is 14.1. The quantitative estimate of drug-likeness (QED) is 0.891. The number of nitrogens with zero attached hydrogens (tertiary/aromatic N) is 1. The fourth-order valence-corrected chi connectivity index (χ4v) is 2.78. The Bertz CT molecular complexity index is 617. The Balaban J connectivity index is 2.25. The van der Waals surface area contributed by atoms with Gasteiger partial charge in [0.25, 0.3) is 5.91 Å². The molecule has 0 aliphatic carbocycles. The van der Waals surface area contributed by atoms with Gasteiger partial charge in [-0.2, -0.15) is 0 Å². The van der Waals surface area contributed by atoms with Crippen LogP contribution >= 0.6 is 11.6 Å². The topological polar surface area (TPSA) is 76.1 Å². The molecule has 7 heteroatoms. The normalized spacial score (nSPS) is 17.4. The minimum atomic E-state index is -0.878. The van der Waals surface area contributed by atoms with Crippen molar-refractivity contribution in [2.24, 2.45) is 5.92 Å². The van der Waals surface area contributed by atoms with Crippen LogP contribution in [0, 0.1) is 5.92 Å². The first-order valence-corrected chi connectivity index (χ1v) is 7.77. The highest BCUT2D eigenvalue weighted by molar-refractivity contribution is 6.32. The fourth-order valence-electron chi connectivity index (χ4n) is 2.52. The van der Waals surface area contributed by atoms with Crippen molar-refractivity contribution in [3.05, 3.63) is 22.7 Å². The minimum Gasteiger partial charge on any atom is -0.493 e. The average molecular weight is 342 g/mol. The van der Waals surface area contributed by atoms with Crippen molar-refractivity contribution in [1.29, 1.82) is 0 Å². The number of carbonyl (C=O) groups is 2. The van der Waals surface area contributed by atoms with Crippen LogP contribution in [0.15, 0.2) is 12.1 Å².